The Morgan fingerprint density at radius 1 is 1.29 bits per heavy atom. The molecule has 0 radical (unpaired) electrons. The Kier molecular flexibility index (Phi) is 5.36. The number of carbonyl (C=O) groups excluding carboxylic acids is 1. The molecule has 0 aliphatic carbocycles. The zero-order chi connectivity index (χ0) is 12.9. The van der Waals surface area contributed by atoms with Crippen LogP contribution in [0, 0.1) is 0 Å². The van der Waals surface area contributed by atoms with Crippen LogP contribution < -0.4 is 5.32 Å². The Bertz CT molecular complexity index is 248. The van der Waals surface area contributed by atoms with E-state index in [0.717, 1.165) is 26.2 Å². The van der Waals surface area contributed by atoms with E-state index < -0.39 is 0 Å². The van der Waals surface area contributed by atoms with Gasteiger partial charge in [0.25, 0.3) is 0 Å². The molecule has 17 heavy (non-hydrogen) atoms. The first-order valence-electron chi connectivity index (χ1n) is 6.27. The van der Waals surface area contributed by atoms with Crippen LogP contribution in [0.15, 0.2) is 0 Å². The Balaban J connectivity index is 2.29. The molecule has 0 spiro atoms. The summed E-state index contributed by atoms with van der Waals surface area (Å²) in [6.45, 7) is 8.03. The number of aliphatic hydroxyl groups is 1. The standard InChI is InChI=1S/C12H25N3O2/c1-12(2,4-9-16)13-10-11(17)15-7-5-14(3)6-8-15/h13,16H,4-10H2,1-3H3. The number of likely N-dealkylation sites (N-methyl/N-ethyl adjacent to an activating group) is 1. The first kappa shape index (κ1) is 14.4. The Labute approximate surface area is 104 Å². The maximum absolute atomic E-state index is 11.9. The van der Waals surface area contributed by atoms with Gasteiger partial charge in [-0.3, -0.25) is 4.79 Å². The Morgan fingerprint density at radius 3 is 2.41 bits per heavy atom. The van der Waals surface area contributed by atoms with E-state index in [1.165, 1.54) is 0 Å². The van der Waals surface area contributed by atoms with Gasteiger partial charge >= 0.3 is 0 Å². The van der Waals surface area contributed by atoms with Crippen molar-refractivity contribution in [1.29, 1.82) is 0 Å². The molecule has 0 aromatic heterocycles. The van der Waals surface area contributed by atoms with Gasteiger partial charge in [0.15, 0.2) is 0 Å². The van der Waals surface area contributed by atoms with E-state index in [-0.39, 0.29) is 18.1 Å². The molecule has 0 aromatic carbocycles. The fourth-order valence-electron chi connectivity index (χ4n) is 1.85. The molecule has 1 rings (SSSR count). The third kappa shape index (κ3) is 5.02. The lowest BCUT2D eigenvalue weighted by Gasteiger charge is -2.33. The highest BCUT2D eigenvalue weighted by atomic mass is 16.3. The Hall–Kier alpha value is -0.650. The summed E-state index contributed by atoms with van der Waals surface area (Å²) in [6, 6.07) is 0. The first-order chi connectivity index (χ1) is 7.94. The van der Waals surface area contributed by atoms with Crippen molar-refractivity contribution in [2.24, 2.45) is 0 Å². The average Bonchev–Trinajstić information content (AvgIpc) is 2.27. The van der Waals surface area contributed by atoms with E-state index >= 15 is 0 Å². The molecule has 5 heteroatoms. The van der Waals surface area contributed by atoms with Gasteiger partial charge in [-0.2, -0.15) is 0 Å². The molecule has 1 saturated heterocycles. The lowest BCUT2D eigenvalue weighted by molar-refractivity contribution is -0.132. The fourth-order valence-corrected chi connectivity index (χ4v) is 1.85. The SMILES string of the molecule is CN1CCN(C(=O)CNC(C)(C)CCO)CC1. The van der Waals surface area contributed by atoms with Gasteiger partial charge in [0.1, 0.15) is 0 Å². The number of nitrogens with zero attached hydrogens (tertiary/aromatic N) is 2. The summed E-state index contributed by atoms with van der Waals surface area (Å²) in [7, 11) is 2.07. The van der Waals surface area contributed by atoms with Crippen molar-refractivity contribution in [3.8, 4) is 0 Å². The van der Waals surface area contributed by atoms with Crippen LogP contribution in [0.2, 0.25) is 0 Å². The van der Waals surface area contributed by atoms with Crippen LogP contribution in [-0.2, 0) is 4.79 Å². The second-order valence-electron chi connectivity index (χ2n) is 5.40. The lowest BCUT2D eigenvalue weighted by atomic mass is 10.0. The summed E-state index contributed by atoms with van der Waals surface area (Å²) in [5.41, 5.74) is -0.184. The fraction of sp³-hybridized carbons (Fsp3) is 0.917. The van der Waals surface area contributed by atoms with Gasteiger partial charge in [-0.1, -0.05) is 0 Å². The van der Waals surface area contributed by atoms with Crippen LogP contribution >= 0.6 is 0 Å². The first-order valence-corrected chi connectivity index (χ1v) is 6.27. The summed E-state index contributed by atoms with van der Waals surface area (Å²) in [4.78, 5) is 16.1. The third-order valence-corrected chi connectivity index (χ3v) is 3.31. The van der Waals surface area contributed by atoms with Gasteiger partial charge in [0.05, 0.1) is 6.54 Å². The average molecular weight is 243 g/mol. The molecule has 0 aromatic rings. The summed E-state index contributed by atoms with van der Waals surface area (Å²) < 4.78 is 0. The van der Waals surface area contributed by atoms with Gasteiger partial charge in [0, 0.05) is 38.3 Å². The second kappa shape index (κ2) is 6.33. The molecule has 0 saturated carbocycles. The molecule has 0 unspecified atom stereocenters. The molecular weight excluding hydrogens is 218 g/mol. The zero-order valence-corrected chi connectivity index (χ0v) is 11.2. The van der Waals surface area contributed by atoms with Crippen molar-refractivity contribution in [1.82, 2.24) is 15.1 Å². The normalized spacial score (nSPS) is 18.5. The number of piperazine rings is 1. The molecule has 1 amide bonds. The molecule has 1 heterocycles. The number of rotatable bonds is 5. The van der Waals surface area contributed by atoms with Gasteiger partial charge in [-0.05, 0) is 27.3 Å². The monoisotopic (exact) mass is 243 g/mol. The largest absolute Gasteiger partial charge is 0.396 e. The minimum absolute atomic E-state index is 0.142. The minimum atomic E-state index is -0.184. The number of amides is 1. The molecule has 0 atom stereocenters. The number of aliphatic hydroxyl groups excluding tert-OH is 1. The van der Waals surface area contributed by atoms with Crippen LogP contribution in [0.5, 0.6) is 0 Å². The molecule has 1 aliphatic rings. The van der Waals surface area contributed by atoms with E-state index in [1.807, 2.05) is 18.7 Å². The topological polar surface area (TPSA) is 55.8 Å². The van der Waals surface area contributed by atoms with Crippen molar-refractivity contribution in [2.45, 2.75) is 25.8 Å². The van der Waals surface area contributed by atoms with Crippen LogP contribution in [0.3, 0.4) is 0 Å². The van der Waals surface area contributed by atoms with Crippen molar-refractivity contribution < 1.29 is 9.90 Å². The number of nitrogens with one attached hydrogen (secondary N) is 1. The molecule has 1 aliphatic heterocycles. The maximum Gasteiger partial charge on any atom is 0.236 e. The second-order valence-corrected chi connectivity index (χ2v) is 5.40. The predicted octanol–water partition coefficient (Wildman–Crippen LogP) is -0.489. The molecule has 2 N–H and O–H groups in total. The van der Waals surface area contributed by atoms with Crippen LogP contribution in [0.4, 0.5) is 0 Å². The Morgan fingerprint density at radius 2 is 1.88 bits per heavy atom. The van der Waals surface area contributed by atoms with Crippen LogP contribution in [0.25, 0.3) is 0 Å². The van der Waals surface area contributed by atoms with Crippen molar-refractivity contribution in [3.05, 3.63) is 0 Å². The zero-order valence-electron chi connectivity index (χ0n) is 11.2. The highest BCUT2D eigenvalue weighted by Gasteiger charge is 2.22. The summed E-state index contributed by atoms with van der Waals surface area (Å²) in [5.74, 6) is 0.157. The van der Waals surface area contributed by atoms with Gasteiger partial charge in [-0.15, -0.1) is 0 Å². The van der Waals surface area contributed by atoms with Crippen molar-refractivity contribution in [3.63, 3.8) is 0 Å². The van der Waals surface area contributed by atoms with Gasteiger partial charge in [-0.25, -0.2) is 0 Å². The van der Waals surface area contributed by atoms with E-state index in [0.29, 0.717) is 13.0 Å². The van der Waals surface area contributed by atoms with Crippen molar-refractivity contribution >= 4 is 5.91 Å². The number of hydrogen-bond acceptors (Lipinski definition) is 4. The minimum Gasteiger partial charge on any atom is -0.396 e. The summed E-state index contributed by atoms with van der Waals surface area (Å²) in [6.07, 6.45) is 0.656. The number of hydrogen-bond donors (Lipinski definition) is 2. The summed E-state index contributed by atoms with van der Waals surface area (Å²) >= 11 is 0. The lowest BCUT2D eigenvalue weighted by Crippen LogP contribution is -2.52. The summed E-state index contributed by atoms with van der Waals surface area (Å²) in [5, 5.41) is 12.1. The van der Waals surface area contributed by atoms with E-state index in [2.05, 4.69) is 17.3 Å². The predicted molar refractivity (Wildman–Crippen MR) is 67.9 cm³/mol. The molecular formula is C12H25N3O2. The molecule has 5 nitrogen and oxygen atoms in total. The van der Waals surface area contributed by atoms with Crippen LogP contribution in [0.1, 0.15) is 20.3 Å². The molecule has 100 valence electrons. The van der Waals surface area contributed by atoms with E-state index in [1.54, 1.807) is 0 Å². The smallest absolute Gasteiger partial charge is 0.236 e. The van der Waals surface area contributed by atoms with E-state index in [9.17, 15) is 4.79 Å². The quantitative estimate of drug-likeness (QED) is 0.684. The van der Waals surface area contributed by atoms with E-state index in [4.69, 9.17) is 5.11 Å². The molecule has 0 bridgehead atoms. The highest BCUT2D eigenvalue weighted by Crippen LogP contribution is 2.07. The van der Waals surface area contributed by atoms with Crippen molar-refractivity contribution in [2.75, 3.05) is 46.4 Å². The third-order valence-electron chi connectivity index (χ3n) is 3.31. The maximum atomic E-state index is 11.9. The molecule has 1 fully saturated rings. The van der Waals surface area contributed by atoms with Gasteiger partial charge < -0.3 is 20.2 Å². The van der Waals surface area contributed by atoms with Gasteiger partial charge in [0.2, 0.25) is 5.91 Å². The highest BCUT2D eigenvalue weighted by molar-refractivity contribution is 5.78. The van der Waals surface area contributed by atoms with Crippen LogP contribution in [-0.4, -0.2) is 72.7 Å². The number of carbonyl (C=O) groups is 1.